The van der Waals surface area contributed by atoms with E-state index in [0.717, 1.165) is 18.4 Å². The summed E-state index contributed by atoms with van der Waals surface area (Å²) in [6.45, 7) is 4.34. The maximum atomic E-state index is 5.84. The summed E-state index contributed by atoms with van der Waals surface area (Å²) in [4.78, 5) is 0. The Labute approximate surface area is 91.5 Å². The maximum Gasteiger partial charge on any atom is 0.114 e. The Morgan fingerprint density at radius 1 is 1.33 bits per heavy atom. The van der Waals surface area contributed by atoms with Gasteiger partial charge in [0.05, 0.1) is 5.60 Å². The fourth-order valence-electron chi connectivity index (χ4n) is 2.19. The number of terminal acetylenes is 1. The smallest absolute Gasteiger partial charge is 0.114 e. The van der Waals surface area contributed by atoms with Crippen molar-refractivity contribution in [3.63, 3.8) is 0 Å². The molecule has 0 amide bonds. The van der Waals surface area contributed by atoms with Crippen molar-refractivity contribution in [2.24, 2.45) is 0 Å². The van der Waals surface area contributed by atoms with E-state index in [1.165, 1.54) is 5.56 Å². The quantitative estimate of drug-likeness (QED) is 0.538. The lowest BCUT2D eigenvalue weighted by atomic mass is 9.92. The van der Waals surface area contributed by atoms with Crippen LogP contribution in [-0.4, -0.2) is 5.60 Å². The summed E-state index contributed by atoms with van der Waals surface area (Å²) in [6, 6.07) is 8.05. The van der Waals surface area contributed by atoms with Gasteiger partial charge < -0.3 is 4.74 Å². The number of hydrogen-bond donors (Lipinski definition) is 0. The first-order valence-electron chi connectivity index (χ1n) is 5.50. The zero-order chi connectivity index (χ0) is 10.9. The minimum Gasteiger partial charge on any atom is -0.361 e. The molecule has 0 radical (unpaired) electrons. The summed E-state index contributed by atoms with van der Waals surface area (Å²) in [5, 5.41) is 0. The predicted molar refractivity (Wildman–Crippen MR) is 61.5 cm³/mol. The van der Waals surface area contributed by atoms with E-state index in [2.05, 4.69) is 25.8 Å². The zero-order valence-corrected chi connectivity index (χ0v) is 9.29. The van der Waals surface area contributed by atoms with Crippen LogP contribution in [0.3, 0.4) is 0 Å². The maximum absolute atomic E-state index is 5.84. The van der Waals surface area contributed by atoms with Crippen molar-refractivity contribution in [1.82, 2.24) is 0 Å². The number of epoxide rings is 1. The lowest BCUT2D eigenvalue weighted by Gasteiger charge is -2.07. The third-order valence-electron chi connectivity index (χ3n) is 3.37. The molecule has 1 aromatic carbocycles. The summed E-state index contributed by atoms with van der Waals surface area (Å²) < 4.78 is 5.84. The van der Waals surface area contributed by atoms with Crippen LogP contribution in [0.4, 0.5) is 0 Å². The molecule has 1 aliphatic rings. The third-order valence-corrected chi connectivity index (χ3v) is 3.37. The van der Waals surface area contributed by atoms with Gasteiger partial charge in [-0.2, -0.15) is 0 Å². The Balaban J connectivity index is 2.30. The van der Waals surface area contributed by atoms with Crippen LogP contribution in [0.15, 0.2) is 24.3 Å². The fourth-order valence-corrected chi connectivity index (χ4v) is 2.19. The monoisotopic (exact) mass is 200 g/mol. The topological polar surface area (TPSA) is 12.5 Å². The Morgan fingerprint density at radius 3 is 2.53 bits per heavy atom. The van der Waals surface area contributed by atoms with Gasteiger partial charge >= 0.3 is 0 Å². The summed E-state index contributed by atoms with van der Waals surface area (Å²) in [6.07, 6.45) is 7.79. The second-order valence-corrected chi connectivity index (χ2v) is 4.00. The van der Waals surface area contributed by atoms with Crippen molar-refractivity contribution in [2.45, 2.75) is 38.4 Å². The molecule has 0 N–H and O–H groups in total. The van der Waals surface area contributed by atoms with Crippen molar-refractivity contribution in [3.05, 3.63) is 35.4 Å². The van der Waals surface area contributed by atoms with E-state index >= 15 is 0 Å². The molecule has 1 heteroatoms. The van der Waals surface area contributed by atoms with Gasteiger partial charge in [0, 0.05) is 5.56 Å². The van der Waals surface area contributed by atoms with E-state index in [-0.39, 0.29) is 11.7 Å². The second-order valence-electron chi connectivity index (χ2n) is 4.00. The van der Waals surface area contributed by atoms with Gasteiger partial charge in [-0.05, 0) is 24.5 Å². The average Bonchev–Trinajstić information content (AvgIpc) is 3.04. The van der Waals surface area contributed by atoms with Gasteiger partial charge in [-0.1, -0.05) is 38.0 Å². The average molecular weight is 200 g/mol. The molecule has 1 fully saturated rings. The van der Waals surface area contributed by atoms with Crippen LogP contribution in [0.2, 0.25) is 0 Å². The molecular formula is C14H16O. The highest BCUT2D eigenvalue weighted by Crippen LogP contribution is 2.54. The minimum absolute atomic E-state index is 0.0486. The molecule has 1 aromatic rings. The van der Waals surface area contributed by atoms with Crippen LogP contribution in [0.1, 0.15) is 43.9 Å². The summed E-state index contributed by atoms with van der Waals surface area (Å²) in [7, 11) is 0. The lowest BCUT2D eigenvalue weighted by molar-refractivity contribution is 0.280. The van der Waals surface area contributed by atoms with E-state index in [0.29, 0.717) is 0 Å². The standard InChI is InChI=1S/C14H16O/c1-4-11-9-7-8-10-12(11)13-14(5-2,6-3)15-13/h1,7-10,13H,5-6H2,2-3H3. The molecule has 1 nitrogen and oxygen atoms in total. The number of ether oxygens (including phenoxy) is 1. The van der Waals surface area contributed by atoms with Gasteiger partial charge in [-0.25, -0.2) is 0 Å². The van der Waals surface area contributed by atoms with Gasteiger partial charge in [0.1, 0.15) is 6.10 Å². The van der Waals surface area contributed by atoms with E-state index in [1.54, 1.807) is 0 Å². The van der Waals surface area contributed by atoms with E-state index in [1.807, 2.05) is 18.2 Å². The van der Waals surface area contributed by atoms with Gasteiger partial charge in [-0.15, -0.1) is 6.42 Å². The zero-order valence-electron chi connectivity index (χ0n) is 9.29. The van der Waals surface area contributed by atoms with Crippen molar-refractivity contribution in [1.29, 1.82) is 0 Å². The normalized spacial score (nSPS) is 22.1. The molecule has 78 valence electrons. The Bertz CT molecular complexity index is 396. The predicted octanol–water partition coefficient (Wildman–Crippen LogP) is 3.30. The highest BCUT2D eigenvalue weighted by atomic mass is 16.6. The number of rotatable bonds is 3. The third kappa shape index (κ3) is 1.56. The molecule has 0 saturated carbocycles. The van der Waals surface area contributed by atoms with Gasteiger partial charge in [0.15, 0.2) is 0 Å². The van der Waals surface area contributed by atoms with Gasteiger partial charge in [0.2, 0.25) is 0 Å². The van der Waals surface area contributed by atoms with E-state index in [9.17, 15) is 0 Å². The molecule has 1 atom stereocenters. The number of hydrogen-bond acceptors (Lipinski definition) is 1. The SMILES string of the molecule is C#Cc1ccccc1C1OC1(CC)CC. The fraction of sp³-hybridized carbons (Fsp3) is 0.429. The molecular weight excluding hydrogens is 184 g/mol. The second kappa shape index (κ2) is 3.72. The van der Waals surface area contributed by atoms with Crippen LogP contribution in [0.25, 0.3) is 0 Å². The lowest BCUT2D eigenvalue weighted by Crippen LogP contribution is -2.08. The molecule has 0 aliphatic carbocycles. The van der Waals surface area contributed by atoms with E-state index < -0.39 is 0 Å². The minimum atomic E-state index is 0.0486. The Hall–Kier alpha value is -1.26. The van der Waals surface area contributed by atoms with Crippen LogP contribution in [0.5, 0.6) is 0 Å². The summed E-state index contributed by atoms with van der Waals surface area (Å²) >= 11 is 0. The molecule has 1 saturated heterocycles. The van der Waals surface area contributed by atoms with Crippen LogP contribution < -0.4 is 0 Å². The van der Waals surface area contributed by atoms with Crippen molar-refractivity contribution >= 4 is 0 Å². The Morgan fingerprint density at radius 2 is 2.00 bits per heavy atom. The molecule has 0 aromatic heterocycles. The molecule has 1 heterocycles. The van der Waals surface area contributed by atoms with Crippen LogP contribution in [0, 0.1) is 12.3 Å². The molecule has 1 aliphatic heterocycles. The van der Waals surface area contributed by atoms with Crippen molar-refractivity contribution < 1.29 is 4.74 Å². The van der Waals surface area contributed by atoms with Crippen molar-refractivity contribution in [3.8, 4) is 12.3 Å². The summed E-state index contributed by atoms with van der Waals surface area (Å²) in [5.74, 6) is 2.72. The van der Waals surface area contributed by atoms with Crippen LogP contribution >= 0.6 is 0 Å². The van der Waals surface area contributed by atoms with E-state index in [4.69, 9.17) is 11.2 Å². The molecule has 1 unspecified atom stereocenters. The largest absolute Gasteiger partial charge is 0.361 e. The van der Waals surface area contributed by atoms with Crippen LogP contribution in [-0.2, 0) is 4.74 Å². The highest BCUT2D eigenvalue weighted by Gasteiger charge is 2.54. The molecule has 2 rings (SSSR count). The first kappa shape index (κ1) is 10.3. The van der Waals surface area contributed by atoms with Gasteiger partial charge in [0.25, 0.3) is 0 Å². The first-order valence-corrected chi connectivity index (χ1v) is 5.50. The Kier molecular flexibility index (Phi) is 2.54. The molecule has 15 heavy (non-hydrogen) atoms. The highest BCUT2D eigenvalue weighted by molar-refractivity contribution is 5.44. The first-order chi connectivity index (χ1) is 7.27. The number of benzene rings is 1. The summed E-state index contributed by atoms with van der Waals surface area (Å²) in [5.41, 5.74) is 2.18. The molecule has 0 spiro atoms. The van der Waals surface area contributed by atoms with Gasteiger partial charge in [-0.3, -0.25) is 0 Å². The molecule has 0 bridgehead atoms. The van der Waals surface area contributed by atoms with Crippen molar-refractivity contribution in [2.75, 3.05) is 0 Å².